The van der Waals surface area contributed by atoms with E-state index in [4.69, 9.17) is 19.0 Å². The highest BCUT2D eigenvalue weighted by molar-refractivity contribution is 5.79. The van der Waals surface area contributed by atoms with E-state index in [1.807, 2.05) is 20.8 Å². The molecule has 1 saturated heterocycles. The molecule has 0 spiro atoms. The minimum absolute atomic E-state index is 0.117. The van der Waals surface area contributed by atoms with Gasteiger partial charge in [-0.3, -0.25) is 4.84 Å². The number of rotatable bonds is 9. The zero-order valence-corrected chi connectivity index (χ0v) is 15.1. The lowest BCUT2D eigenvalue weighted by molar-refractivity contribution is -0.291. The summed E-state index contributed by atoms with van der Waals surface area (Å²) in [5.74, 6) is -1.03. The van der Waals surface area contributed by atoms with Gasteiger partial charge in [-0.25, -0.2) is 9.59 Å². The van der Waals surface area contributed by atoms with E-state index in [1.54, 1.807) is 6.92 Å². The summed E-state index contributed by atoms with van der Waals surface area (Å²) in [7, 11) is 0. The van der Waals surface area contributed by atoms with Crippen molar-refractivity contribution < 1.29 is 28.6 Å². The van der Waals surface area contributed by atoms with Gasteiger partial charge in [-0.1, -0.05) is 33.4 Å². The van der Waals surface area contributed by atoms with Crippen LogP contribution in [0, 0.1) is 5.41 Å². The zero-order chi connectivity index (χ0) is 18.2. The van der Waals surface area contributed by atoms with Crippen LogP contribution in [0.25, 0.3) is 0 Å². The van der Waals surface area contributed by atoms with Crippen LogP contribution in [0.5, 0.6) is 0 Å². The second kappa shape index (κ2) is 9.15. The highest BCUT2D eigenvalue weighted by Gasteiger charge is 2.52. The number of carbonyl (C=O) groups excluding carboxylic acids is 2. The van der Waals surface area contributed by atoms with Crippen molar-refractivity contribution in [1.29, 1.82) is 0 Å². The SMILES string of the molecule is C=CCOC(=O)CON1CCCC1(OCC(C)(C)C)C(=O)OCC. The third-order valence-electron chi connectivity index (χ3n) is 3.32. The van der Waals surface area contributed by atoms with Gasteiger partial charge in [0.05, 0.1) is 13.2 Å². The van der Waals surface area contributed by atoms with E-state index in [0.29, 0.717) is 26.0 Å². The van der Waals surface area contributed by atoms with Gasteiger partial charge in [-0.15, -0.1) is 5.06 Å². The third-order valence-corrected chi connectivity index (χ3v) is 3.32. The molecular weight excluding hydrogens is 314 g/mol. The van der Waals surface area contributed by atoms with Crippen LogP contribution in [0.2, 0.25) is 0 Å². The van der Waals surface area contributed by atoms with Crippen LogP contribution < -0.4 is 0 Å². The van der Waals surface area contributed by atoms with E-state index in [1.165, 1.54) is 11.1 Å². The first-order valence-electron chi connectivity index (χ1n) is 8.23. The Balaban J connectivity index is 2.80. The number of esters is 2. The highest BCUT2D eigenvalue weighted by atomic mass is 16.7. The molecule has 0 amide bonds. The van der Waals surface area contributed by atoms with Crippen molar-refractivity contribution in [1.82, 2.24) is 5.06 Å². The first-order valence-corrected chi connectivity index (χ1v) is 8.23. The van der Waals surface area contributed by atoms with Gasteiger partial charge in [0.2, 0.25) is 5.72 Å². The lowest BCUT2D eigenvalue weighted by atomic mass is 9.98. The Morgan fingerprint density at radius 2 is 2.00 bits per heavy atom. The molecule has 0 saturated carbocycles. The first-order chi connectivity index (χ1) is 11.2. The Labute approximate surface area is 143 Å². The molecular formula is C17H29NO6. The Bertz CT molecular complexity index is 445. The molecule has 1 aliphatic heterocycles. The molecule has 7 nitrogen and oxygen atoms in total. The van der Waals surface area contributed by atoms with Gasteiger partial charge >= 0.3 is 11.9 Å². The van der Waals surface area contributed by atoms with Gasteiger partial charge in [-0.2, -0.15) is 0 Å². The quantitative estimate of drug-likeness (QED) is 0.468. The minimum Gasteiger partial charge on any atom is -0.463 e. The molecule has 0 N–H and O–H groups in total. The molecule has 0 radical (unpaired) electrons. The fourth-order valence-corrected chi connectivity index (χ4v) is 2.25. The van der Waals surface area contributed by atoms with E-state index < -0.39 is 17.7 Å². The Kier molecular flexibility index (Phi) is 7.86. The van der Waals surface area contributed by atoms with Crippen molar-refractivity contribution in [3.8, 4) is 0 Å². The molecule has 0 aromatic carbocycles. The number of hydroxylamine groups is 2. The summed E-state index contributed by atoms with van der Waals surface area (Å²) in [4.78, 5) is 29.6. The van der Waals surface area contributed by atoms with Gasteiger partial charge < -0.3 is 14.2 Å². The standard InChI is InChI=1S/C17H29NO6/c1-6-11-22-14(19)12-24-18-10-8-9-17(18,15(20)21-7-2)23-13-16(3,4)5/h6H,1,7-13H2,2-5H3. The van der Waals surface area contributed by atoms with E-state index >= 15 is 0 Å². The Morgan fingerprint density at radius 3 is 2.58 bits per heavy atom. The summed E-state index contributed by atoms with van der Waals surface area (Å²) >= 11 is 0. The second-order valence-corrected chi connectivity index (χ2v) is 6.80. The molecule has 24 heavy (non-hydrogen) atoms. The van der Waals surface area contributed by atoms with E-state index in [9.17, 15) is 9.59 Å². The van der Waals surface area contributed by atoms with Crippen LogP contribution >= 0.6 is 0 Å². The average molecular weight is 343 g/mol. The molecule has 1 unspecified atom stereocenters. The van der Waals surface area contributed by atoms with Crippen molar-refractivity contribution >= 4 is 11.9 Å². The normalized spacial score (nSPS) is 21.5. The van der Waals surface area contributed by atoms with Gasteiger partial charge in [0.15, 0.2) is 6.61 Å². The highest BCUT2D eigenvalue weighted by Crippen LogP contribution is 2.34. The largest absolute Gasteiger partial charge is 0.463 e. The summed E-state index contributed by atoms with van der Waals surface area (Å²) in [6.45, 7) is 12.1. The monoisotopic (exact) mass is 343 g/mol. The van der Waals surface area contributed by atoms with Crippen LogP contribution in [-0.2, 0) is 28.6 Å². The Morgan fingerprint density at radius 1 is 1.29 bits per heavy atom. The molecule has 1 heterocycles. The number of hydrogen-bond acceptors (Lipinski definition) is 7. The van der Waals surface area contributed by atoms with Crippen molar-refractivity contribution in [2.45, 2.75) is 46.3 Å². The number of nitrogens with zero attached hydrogens (tertiary/aromatic N) is 1. The fraction of sp³-hybridized carbons (Fsp3) is 0.765. The van der Waals surface area contributed by atoms with Crippen molar-refractivity contribution in [3.63, 3.8) is 0 Å². The van der Waals surface area contributed by atoms with Crippen LogP contribution in [0.4, 0.5) is 0 Å². The summed E-state index contributed by atoms with van der Waals surface area (Å²) in [6.07, 6.45) is 2.62. The molecule has 0 aromatic heterocycles. The van der Waals surface area contributed by atoms with E-state index in [0.717, 1.165) is 0 Å². The average Bonchev–Trinajstić information content (AvgIpc) is 2.92. The lowest BCUT2D eigenvalue weighted by Crippen LogP contribution is -2.54. The predicted octanol–water partition coefficient (Wildman–Crippen LogP) is 2.07. The van der Waals surface area contributed by atoms with Crippen LogP contribution in [0.15, 0.2) is 12.7 Å². The fourth-order valence-electron chi connectivity index (χ4n) is 2.25. The molecule has 0 bridgehead atoms. The van der Waals surface area contributed by atoms with Crippen LogP contribution in [-0.4, -0.2) is 55.7 Å². The van der Waals surface area contributed by atoms with Crippen molar-refractivity contribution in [3.05, 3.63) is 12.7 Å². The number of hydrogen-bond donors (Lipinski definition) is 0. The summed E-state index contributed by atoms with van der Waals surface area (Å²) in [5, 5.41) is 1.41. The van der Waals surface area contributed by atoms with Gasteiger partial charge in [-0.05, 0) is 18.8 Å². The summed E-state index contributed by atoms with van der Waals surface area (Å²) < 4.78 is 16.0. The van der Waals surface area contributed by atoms with Crippen molar-refractivity contribution in [2.24, 2.45) is 5.41 Å². The third kappa shape index (κ3) is 5.89. The van der Waals surface area contributed by atoms with E-state index in [2.05, 4.69) is 6.58 Å². The molecule has 1 rings (SSSR count). The molecule has 0 aromatic rings. The minimum atomic E-state index is -1.32. The first kappa shape index (κ1) is 20.6. The molecule has 138 valence electrons. The maximum atomic E-state index is 12.5. The lowest BCUT2D eigenvalue weighted by Gasteiger charge is -2.36. The molecule has 1 fully saturated rings. The number of ether oxygens (including phenoxy) is 3. The Hall–Kier alpha value is -1.44. The summed E-state index contributed by atoms with van der Waals surface area (Å²) in [5.41, 5.74) is -1.45. The van der Waals surface area contributed by atoms with E-state index in [-0.39, 0.29) is 25.2 Å². The predicted molar refractivity (Wildman–Crippen MR) is 87.8 cm³/mol. The number of carbonyl (C=O) groups is 2. The van der Waals surface area contributed by atoms with Crippen LogP contribution in [0.1, 0.15) is 40.5 Å². The topological polar surface area (TPSA) is 74.3 Å². The van der Waals surface area contributed by atoms with Crippen LogP contribution in [0.3, 0.4) is 0 Å². The molecule has 1 aliphatic rings. The zero-order valence-electron chi connectivity index (χ0n) is 15.1. The second-order valence-electron chi connectivity index (χ2n) is 6.80. The van der Waals surface area contributed by atoms with Gasteiger partial charge in [0.25, 0.3) is 0 Å². The maximum absolute atomic E-state index is 12.5. The molecule has 7 heteroatoms. The van der Waals surface area contributed by atoms with Gasteiger partial charge in [0.1, 0.15) is 6.61 Å². The van der Waals surface area contributed by atoms with Crippen molar-refractivity contribution in [2.75, 3.05) is 33.0 Å². The van der Waals surface area contributed by atoms with Gasteiger partial charge in [0, 0.05) is 13.0 Å². The maximum Gasteiger partial charge on any atom is 0.356 e. The summed E-state index contributed by atoms with van der Waals surface area (Å²) in [6, 6.07) is 0. The molecule has 0 aliphatic carbocycles. The smallest absolute Gasteiger partial charge is 0.356 e. The molecule has 1 atom stereocenters.